The molecule has 27 atom stereocenters. The van der Waals surface area contributed by atoms with Gasteiger partial charge in [-0.1, -0.05) is 128 Å². The predicted molar refractivity (Wildman–Crippen MR) is 459 cm³/mol. The lowest BCUT2D eigenvalue weighted by molar-refractivity contribution is -0.402. The third-order valence-electron chi connectivity index (χ3n) is 22.5. The highest BCUT2D eigenvalue weighted by Crippen LogP contribution is 2.57. The predicted octanol–water partition coefficient (Wildman–Crippen LogP) is 7.62. The van der Waals surface area contributed by atoms with E-state index in [1.54, 1.807) is 6.92 Å². The number of hydrogen-bond donors (Lipinski definition) is 15. The number of nitrogens with one attached hydrogen (secondary N) is 2. The second-order valence-electron chi connectivity index (χ2n) is 33.9. The molecule has 35 heteroatoms. The number of ether oxygens (including phenoxy) is 9. The lowest BCUT2D eigenvalue weighted by Gasteiger charge is -2.52. The molecule has 5 aliphatic heterocycles. The lowest BCUT2D eigenvalue weighted by atomic mass is 9.93. The van der Waals surface area contributed by atoms with E-state index in [9.17, 15) is 94.9 Å². The van der Waals surface area contributed by atoms with Crippen molar-refractivity contribution in [1.29, 1.82) is 0 Å². The molecule has 5 saturated heterocycles. The highest BCUT2D eigenvalue weighted by molar-refractivity contribution is 7.59. The molecule has 5 aliphatic rings. The molecule has 0 radical (unpaired) electrons. The summed E-state index contributed by atoms with van der Waals surface area (Å²) in [7, 11) is -12.1. The van der Waals surface area contributed by atoms with Gasteiger partial charge in [0.05, 0.1) is 39.1 Å². The fraction of sp³-hybridized carbons (Fsp3) is 0.730. The molecule has 0 aliphatic carbocycles. The molecule has 124 heavy (non-hydrogen) atoms. The van der Waals surface area contributed by atoms with E-state index in [0.717, 1.165) is 135 Å². The van der Waals surface area contributed by atoms with Crippen LogP contribution < -0.4 is 20.4 Å². The first kappa shape index (κ1) is 110. The van der Waals surface area contributed by atoms with Crippen molar-refractivity contribution in [3.05, 3.63) is 128 Å². The van der Waals surface area contributed by atoms with Gasteiger partial charge in [0.25, 0.3) is 15.6 Å². The van der Waals surface area contributed by atoms with E-state index in [0.29, 0.717) is 18.4 Å². The zero-order valence-electron chi connectivity index (χ0n) is 75.0. The Hall–Kier alpha value is -4.54. The van der Waals surface area contributed by atoms with Gasteiger partial charge < -0.3 is 134 Å². The Morgan fingerprint density at radius 1 is 0.323 bits per heavy atom. The van der Waals surface area contributed by atoms with E-state index in [4.69, 9.17) is 51.7 Å². The highest BCUT2D eigenvalue weighted by atomic mass is 31.3. The Morgan fingerprint density at radius 2 is 0.597 bits per heavy atom. The zero-order chi connectivity index (χ0) is 92.3. The van der Waals surface area contributed by atoms with Crippen molar-refractivity contribution in [2.75, 3.05) is 33.0 Å². The van der Waals surface area contributed by atoms with Gasteiger partial charge in [-0.2, -0.15) is 0 Å². The summed E-state index contributed by atoms with van der Waals surface area (Å²) in [6.07, 6.45) is -1.70. The lowest BCUT2D eigenvalue weighted by Crippen LogP contribution is -2.71. The second kappa shape index (κ2) is 55.6. The fourth-order valence-electron chi connectivity index (χ4n) is 14.9. The first-order valence-corrected chi connectivity index (χ1v) is 46.3. The molecular weight excluding hydrogens is 1650 g/mol. The largest absolute Gasteiger partial charge is 0.756 e. The molecule has 710 valence electrons. The van der Waals surface area contributed by atoms with Gasteiger partial charge in [0.1, 0.15) is 116 Å². The van der Waals surface area contributed by atoms with Crippen molar-refractivity contribution in [3.63, 3.8) is 0 Å². The standard InChI is InChI=1S/C89H148N2O31P2/c1-52(2)26-16-27-53(3)28-17-29-54(4)30-18-31-55(5)32-19-33-56(6)34-20-35-57(7)36-21-37-58(8)38-22-39-59(9)40-23-41-60(10)42-24-43-61(11)44-25-45-62(12)46-47-111-123(107,108)122-124(109,110)121-86-71(91-65(15)97)82(75(101)68(50-94)114-86)117-85-70(90-64(14)96)81(74(100)67(49-93)113-85)118-89-84(120-87-79(105)77(103)72(98)63(13)112-87)83(76(102)69(51-95)116-89)119-88-80(106)78(104)73(99)66(48-92)115-88/h26,28,30,32,34,36,38,40,42,44,46,63,66-89,92-95,98-106H,16-25,27,29,31,33,35,37,39,41,43,45,47-51H2,1-15H3,(H,90,96)(H,91,97)(H,107,108)(H,109,110)/p-2/b53-28+,54-30+,55-32-,56-34-,57-36-,58-38-,59-40-,60-42-,61-44-,62-46-/t63-,66+,67+,68+,69+,70+,71+,72+,73-,74-,75-,76-,77+,78-,79-,80+,81+,82+,83-,84+,85+,86+,87-,88+,89-/m0/s1. The van der Waals surface area contributed by atoms with Crippen LogP contribution in [0.15, 0.2) is 128 Å². The molecule has 2 unspecified atom stereocenters. The topological polar surface area (TPSA) is 512 Å². The van der Waals surface area contributed by atoms with Crippen molar-refractivity contribution in [2.24, 2.45) is 0 Å². The van der Waals surface area contributed by atoms with Crippen LogP contribution >= 0.6 is 15.6 Å². The number of aliphatic hydroxyl groups is 13. The summed E-state index contributed by atoms with van der Waals surface area (Å²) in [5.41, 5.74) is 14.7. The van der Waals surface area contributed by atoms with E-state index < -0.39 is 214 Å². The molecule has 33 nitrogen and oxygen atoms in total. The number of aliphatic hydroxyl groups excluding tert-OH is 13. The summed E-state index contributed by atoms with van der Waals surface area (Å²) in [6.45, 7) is 24.0. The van der Waals surface area contributed by atoms with Crippen LogP contribution in [0.3, 0.4) is 0 Å². The highest BCUT2D eigenvalue weighted by Gasteiger charge is 2.59. The van der Waals surface area contributed by atoms with Gasteiger partial charge >= 0.3 is 0 Å². The van der Waals surface area contributed by atoms with E-state index in [-0.39, 0.29) is 0 Å². The van der Waals surface area contributed by atoms with Crippen molar-refractivity contribution in [1.82, 2.24) is 10.6 Å². The third-order valence-corrected chi connectivity index (χ3v) is 25.1. The van der Waals surface area contributed by atoms with Crippen LogP contribution in [0, 0.1) is 0 Å². The fourth-order valence-corrected chi connectivity index (χ4v) is 16.9. The maximum absolute atomic E-state index is 13.6. The molecule has 0 saturated carbocycles. The Morgan fingerprint density at radius 3 is 0.952 bits per heavy atom. The third kappa shape index (κ3) is 37.7. The van der Waals surface area contributed by atoms with Crippen LogP contribution in [-0.4, -0.2) is 265 Å². The Kier molecular flexibility index (Phi) is 49.3. The van der Waals surface area contributed by atoms with E-state index in [1.807, 2.05) is 6.92 Å². The SMILES string of the molecule is CC(=O)N[C@H]1[C@@H](OP(=O)([O-])OP(=O)([O-])OC/C=C(/C)CC/C=C(/C)CC/C=C(/C)CC/C=C(/C)CC/C=C(/C)CC/C=C(/C)CC/C=C(/C)CC/C=C(/C)CC/C=C(\C)CC/C=C(\C)CCC=C(C)C)O[C@H](CO)[C@H](O)[C@@H]1O[C@H]1O[C@H](CO)[C@H](O)[C@H](O[C@@H]2O[C@H](CO)[C@H](O)[C@H](O[C@H]3O[C@H](CO)[C@H](O)[C@H](O)[C@H]3O)[C@H]2O[C@@H]2O[C@@H](C)[C@@H](O)[C@@H](O)[C@@H]2O)[C@H]1NC(C)=O. The van der Waals surface area contributed by atoms with Crippen molar-refractivity contribution in [3.8, 4) is 0 Å². The van der Waals surface area contributed by atoms with Gasteiger partial charge in [-0.3, -0.25) is 23.2 Å². The van der Waals surface area contributed by atoms with Crippen LogP contribution in [0.4, 0.5) is 0 Å². The maximum atomic E-state index is 13.6. The average Bonchev–Trinajstić information content (AvgIpc) is 0.755. The number of hydrogen-bond acceptors (Lipinski definition) is 31. The average molecular weight is 1800 g/mol. The molecule has 5 rings (SSSR count). The summed E-state index contributed by atoms with van der Waals surface area (Å²) in [4.78, 5) is 53.0. The molecular formula is C89H146N2O31P2-2. The Labute approximate surface area is 732 Å². The molecule has 2 amide bonds. The van der Waals surface area contributed by atoms with Crippen LogP contribution in [0.25, 0.3) is 0 Å². The van der Waals surface area contributed by atoms with Gasteiger partial charge in [0.2, 0.25) is 11.8 Å². The smallest absolute Gasteiger partial charge is 0.276 e. The van der Waals surface area contributed by atoms with Gasteiger partial charge in [0.15, 0.2) is 31.5 Å². The molecule has 15 N–H and O–H groups in total. The van der Waals surface area contributed by atoms with Crippen molar-refractivity contribution < 1.29 is 151 Å². The first-order valence-electron chi connectivity index (χ1n) is 43.4. The van der Waals surface area contributed by atoms with Gasteiger partial charge in [-0.05, 0) is 218 Å². The summed E-state index contributed by atoms with van der Waals surface area (Å²) in [6, 6.07) is -4.07. The van der Waals surface area contributed by atoms with Gasteiger partial charge in [0, 0.05) is 13.8 Å². The summed E-state index contributed by atoms with van der Waals surface area (Å²) >= 11 is 0. The number of phosphoric acid groups is 2. The summed E-state index contributed by atoms with van der Waals surface area (Å²) in [5.74, 6) is -1.97. The number of carbonyl (C=O) groups is 2. The van der Waals surface area contributed by atoms with Crippen molar-refractivity contribution in [2.45, 2.75) is 386 Å². The molecule has 0 bridgehead atoms. The van der Waals surface area contributed by atoms with Crippen LogP contribution in [-0.2, 0) is 74.7 Å². The number of carbonyl (C=O) groups excluding carboxylic acids is 2. The van der Waals surface area contributed by atoms with Gasteiger partial charge in [-0.25, -0.2) is 4.31 Å². The van der Waals surface area contributed by atoms with E-state index >= 15 is 0 Å². The molecule has 0 aromatic rings. The van der Waals surface area contributed by atoms with E-state index in [2.05, 4.69) is 145 Å². The minimum absolute atomic E-state index is 0.486. The minimum Gasteiger partial charge on any atom is -0.756 e. The quantitative estimate of drug-likeness (QED) is 0.0206. The second-order valence-corrected chi connectivity index (χ2v) is 36.8. The van der Waals surface area contributed by atoms with E-state index in [1.165, 1.54) is 63.2 Å². The Balaban J connectivity index is 1.10. The normalized spacial score (nSPS) is 33.0. The van der Waals surface area contributed by atoms with Crippen molar-refractivity contribution >= 4 is 27.5 Å². The minimum atomic E-state index is -6.23. The molecule has 5 heterocycles. The molecule has 5 fully saturated rings. The first-order chi connectivity index (χ1) is 58.5. The van der Waals surface area contributed by atoms with Gasteiger partial charge in [-0.15, -0.1) is 0 Å². The molecule has 0 spiro atoms. The number of rotatable bonds is 51. The van der Waals surface area contributed by atoms with Crippen LogP contribution in [0.2, 0.25) is 0 Å². The Bertz CT molecular complexity index is 3720. The number of allylic oxidation sites excluding steroid dienone is 21. The number of phosphoric ester groups is 2. The van der Waals surface area contributed by atoms with Crippen LogP contribution in [0.5, 0.6) is 0 Å². The zero-order valence-corrected chi connectivity index (χ0v) is 76.8. The summed E-state index contributed by atoms with van der Waals surface area (Å²) < 4.78 is 94.5. The monoisotopic (exact) mass is 1800 g/mol. The maximum Gasteiger partial charge on any atom is 0.276 e. The van der Waals surface area contributed by atoms with Crippen LogP contribution in [0.1, 0.15) is 232 Å². The molecule has 0 aromatic carbocycles. The summed E-state index contributed by atoms with van der Waals surface area (Å²) in [5, 5.41) is 147. The molecule has 0 aromatic heterocycles. The number of amides is 2.